The van der Waals surface area contributed by atoms with Crippen molar-refractivity contribution in [2.45, 2.75) is 6.04 Å². The minimum absolute atomic E-state index is 0.343. The molecule has 9 heavy (non-hydrogen) atoms. The molecule has 2 N–H and O–H groups in total. The van der Waals surface area contributed by atoms with E-state index >= 15 is 0 Å². The normalized spacial score (nSPS) is 12.8. The molecule has 0 aromatic carbocycles. The molecule has 4 heteroatoms. The Bertz CT molecular complexity index is 97.0. The van der Waals surface area contributed by atoms with Crippen LogP contribution in [0.4, 0.5) is 0 Å². The molecule has 0 aromatic heterocycles. The first kappa shape index (κ1) is 8.78. The molecule has 0 aliphatic rings. The molecule has 0 heterocycles. The Morgan fingerprint density at radius 2 is 2.44 bits per heavy atom. The molecule has 0 radical (unpaired) electrons. The van der Waals surface area contributed by atoms with Crippen LogP contribution in [0.1, 0.15) is 0 Å². The number of carbonyl (C=O) groups is 1. The number of hydrogen-bond acceptors (Lipinski definition) is 4. The van der Waals surface area contributed by atoms with Gasteiger partial charge in [-0.1, -0.05) is 0 Å². The first-order valence-electron chi connectivity index (χ1n) is 2.54. The second kappa shape index (κ2) is 4.64. The van der Waals surface area contributed by atoms with Crippen molar-refractivity contribution >= 4 is 17.7 Å². The minimum Gasteiger partial charge on any atom is -0.468 e. The number of esters is 1. The van der Waals surface area contributed by atoms with Crippen LogP contribution in [0.2, 0.25) is 0 Å². The van der Waals surface area contributed by atoms with Gasteiger partial charge in [0.1, 0.15) is 6.04 Å². The zero-order chi connectivity index (χ0) is 7.28. The number of rotatable bonds is 3. The summed E-state index contributed by atoms with van der Waals surface area (Å²) in [7, 11) is 1.34. The van der Waals surface area contributed by atoms with E-state index < -0.39 is 6.04 Å². The van der Waals surface area contributed by atoms with E-state index in [4.69, 9.17) is 5.73 Å². The van der Waals surface area contributed by atoms with Crippen molar-refractivity contribution in [1.29, 1.82) is 0 Å². The number of methoxy groups -OCH3 is 1. The van der Waals surface area contributed by atoms with E-state index in [0.717, 1.165) is 0 Å². The maximum atomic E-state index is 10.5. The fraction of sp³-hybridized carbons (Fsp3) is 0.800. The Hall–Kier alpha value is -0.220. The number of hydrogen-bond donors (Lipinski definition) is 1. The molecule has 0 fully saturated rings. The van der Waals surface area contributed by atoms with Crippen LogP contribution in [0.3, 0.4) is 0 Å². The molecule has 0 aliphatic carbocycles. The molecular formula is C5H11NO2S. The van der Waals surface area contributed by atoms with Gasteiger partial charge in [0.15, 0.2) is 0 Å². The third-order valence-electron chi connectivity index (χ3n) is 0.850. The molecule has 0 rings (SSSR count). The van der Waals surface area contributed by atoms with Crippen molar-refractivity contribution in [2.24, 2.45) is 5.73 Å². The molecule has 0 saturated heterocycles. The summed E-state index contributed by atoms with van der Waals surface area (Å²) in [6, 6.07) is -0.468. The summed E-state index contributed by atoms with van der Waals surface area (Å²) >= 11 is 1.53. The summed E-state index contributed by atoms with van der Waals surface area (Å²) in [6.45, 7) is 0. The second-order valence-electron chi connectivity index (χ2n) is 1.58. The summed E-state index contributed by atoms with van der Waals surface area (Å²) in [5.41, 5.74) is 5.34. The van der Waals surface area contributed by atoms with E-state index in [-0.39, 0.29) is 5.97 Å². The lowest BCUT2D eigenvalue weighted by Crippen LogP contribution is -2.33. The zero-order valence-electron chi connectivity index (χ0n) is 5.59. The van der Waals surface area contributed by atoms with Gasteiger partial charge in [0.05, 0.1) is 7.11 Å². The van der Waals surface area contributed by atoms with Crippen molar-refractivity contribution in [3.05, 3.63) is 0 Å². The van der Waals surface area contributed by atoms with Crippen LogP contribution >= 0.6 is 11.8 Å². The van der Waals surface area contributed by atoms with Gasteiger partial charge in [-0.3, -0.25) is 4.79 Å². The van der Waals surface area contributed by atoms with Gasteiger partial charge < -0.3 is 10.5 Å². The Balaban J connectivity index is 3.45. The second-order valence-corrected chi connectivity index (χ2v) is 2.50. The highest BCUT2D eigenvalue weighted by Crippen LogP contribution is 1.95. The maximum Gasteiger partial charge on any atom is 0.323 e. The number of ether oxygens (including phenoxy) is 1. The Morgan fingerprint density at radius 3 is 2.78 bits per heavy atom. The highest BCUT2D eigenvalue weighted by molar-refractivity contribution is 7.98. The molecule has 0 bridgehead atoms. The van der Waals surface area contributed by atoms with Gasteiger partial charge in [0.2, 0.25) is 0 Å². The smallest absolute Gasteiger partial charge is 0.323 e. The monoisotopic (exact) mass is 149 g/mol. The van der Waals surface area contributed by atoms with Crippen molar-refractivity contribution < 1.29 is 9.53 Å². The molecule has 3 nitrogen and oxygen atoms in total. The fourth-order valence-electron chi connectivity index (χ4n) is 0.399. The van der Waals surface area contributed by atoms with Gasteiger partial charge in [0.25, 0.3) is 0 Å². The van der Waals surface area contributed by atoms with E-state index in [1.807, 2.05) is 6.26 Å². The van der Waals surface area contributed by atoms with Crippen molar-refractivity contribution in [1.82, 2.24) is 0 Å². The molecule has 0 saturated carbocycles. The van der Waals surface area contributed by atoms with E-state index in [1.54, 1.807) is 0 Å². The molecule has 1 unspecified atom stereocenters. The summed E-state index contributed by atoms with van der Waals surface area (Å²) in [6.07, 6.45) is 1.89. The predicted octanol–water partition coefficient (Wildman–Crippen LogP) is -0.150. The molecule has 0 aliphatic heterocycles. The van der Waals surface area contributed by atoms with E-state index in [9.17, 15) is 4.79 Å². The third kappa shape index (κ3) is 3.37. The summed E-state index contributed by atoms with van der Waals surface area (Å²) < 4.78 is 4.39. The summed E-state index contributed by atoms with van der Waals surface area (Å²) in [5, 5.41) is 0. The minimum atomic E-state index is -0.468. The lowest BCUT2D eigenvalue weighted by Gasteiger charge is -2.05. The van der Waals surface area contributed by atoms with Crippen LogP contribution < -0.4 is 5.73 Å². The number of nitrogens with two attached hydrogens (primary N) is 1. The van der Waals surface area contributed by atoms with Gasteiger partial charge in [0, 0.05) is 5.75 Å². The molecule has 0 aromatic rings. The van der Waals surface area contributed by atoms with Gasteiger partial charge in [-0.25, -0.2) is 0 Å². The first-order valence-corrected chi connectivity index (χ1v) is 3.94. The quantitative estimate of drug-likeness (QED) is 0.567. The van der Waals surface area contributed by atoms with Crippen LogP contribution in [0.15, 0.2) is 0 Å². The van der Waals surface area contributed by atoms with Crippen LogP contribution in [0.5, 0.6) is 0 Å². The average Bonchev–Trinajstić information content (AvgIpc) is 1.87. The number of thioether (sulfide) groups is 1. The van der Waals surface area contributed by atoms with E-state index in [2.05, 4.69) is 4.74 Å². The van der Waals surface area contributed by atoms with Crippen molar-refractivity contribution in [3.8, 4) is 0 Å². The molecule has 0 amide bonds. The standard InChI is InChI=1S/C5H11NO2S/c1-8-5(7)4(6)3-9-2/h4H,3,6H2,1-2H3. The highest BCUT2D eigenvalue weighted by Gasteiger charge is 2.11. The zero-order valence-corrected chi connectivity index (χ0v) is 6.40. The fourth-order valence-corrected chi connectivity index (χ4v) is 0.894. The topological polar surface area (TPSA) is 52.3 Å². The Morgan fingerprint density at radius 1 is 1.89 bits per heavy atom. The van der Waals surface area contributed by atoms with Crippen LogP contribution in [-0.2, 0) is 9.53 Å². The maximum absolute atomic E-state index is 10.5. The van der Waals surface area contributed by atoms with Gasteiger partial charge in [-0.2, -0.15) is 11.8 Å². The van der Waals surface area contributed by atoms with E-state index in [0.29, 0.717) is 5.75 Å². The average molecular weight is 149 g/mol. The lowest BCUT2D eigenvalue weighted by atomic mass is 10.4. The van der Waals surface area contributed by atoms with Gasteiger partial charge in [-0.15, -0.1) is 0 Å². The summed E-state index contributed by atoms with van der Waals surface area (Å²) in [4.78, 5) is 10.5. The van der Waals surface area contributed by atoms with Gasteiger partial charge in [-0.05, 0) is 6.26 Å². The van der Waals surface area contributed by atoms with Crippen molar-refractivity contribution in [3.63, 3.8) is 0 Å². The largest absolute Gasteiger partial charge is 0.468 e. The lowest BCUT2D eigenvalue weighted by molar-refractivity contribution is -0.141. The highest BCUT2D eigenvalue weighted by atomic mass is 32.2. The third-order valence-corrected chi connectivity index (χ3v) is 1.54. The van der Waals surface area contributed by atoms with E-state index in [1.165, 1.54) is 18.9 Å². The summed E-state index contributed by atoms with van der Waals surface area (Å²) in [5.74, 6) is 0.275. The number of carbonyl (C=O) groups excluding carboxylic acids is 1. The van der Waals surface area contributed by atoms with Gasteiger partial charge >= 0.3 is 5.97 Å². The van der Waals surface area contributed by atoms with Crippen LogP contribution in [-0.4, -0.2) is 31.1 Å². The molecule has 1 atom stereocenters. The van der Waals surface area contributed by atoms with Crippen molar-refractivity contribution in [2.75, 3.05) is 19.1 Å². The Kier molecular flexibility index (Phi) is 4.53. The predicted molar refractivity (Wildman–Crippen MR) is 38.4 cm³/mol. The van der Waals surface area contributed by atoms with Crippen LogP contribution in [0, 0.1) is 0 Å². The van der Waals surface area contributed by atoms with Crippen LogP contribution in [0.25, 0.3) is 0 Å². The molecular weight excluding hydrogens is 138 g/mol. The molecule has 0 spiro atoms. The first-order chi connectivity index (χ1) is 4.22. The molecule has 54 valence electrons. The SMILES string of the molecule is COC(=O)C(N)CSC. The Labute approximate surface area is 58.9 Å².